The zero-order valence-electron chi connectivity index (χ0n) is 17.4. The van der Waals surface area contributed by atoms with Crippen molar-refractivity contribution < 1.29 is 4.74 Å². The van der Waals surface area contributed by atoms with Crippen molar-refractivity contribution in [1.29, 1.82) is 5.26 Å². The Morgan fingerprint density at radius 2 is 1.37 bits per heavy atom. The van der Waals surface area contributed by atoms with E-state index < -0.39 is 0 Å². The normalized spacial score (nSPS) is 19.6. The number of benzene rings is 1. The summed E-state index contributed by atoms with van der Waals surface area (Å²) < 4.78 is 5.81. The Bertz CT molecular complexity index is 522. The first kappa shape index (κ1) is 21.8. The summed E-state index contributed by atoms with van der Waals surface area (Å²) in [5.41, 5.74) is 0.690. The summed E-state index contributed by atoms with van der Waals surface area (Å²) in [4.78, 5) is 0. The molecule has 0 amide bonds. The molecule has 0 bridgehead atoms. The summed E-state index contributed by atoms with van der Waals surface area (Å²) in [6, 6.07) is 9.57. The summed E-state index contributed by atoms with van der Waals surface area (Å²) in [6.45, 7) is 3.09. The van der Waals surface area contributed by atoms with E-state index in [9.17, 15) is 0 Å². The van der Waals surface area contributed by atoms with Gasteiger partial charge in [0.15, 0.2) is 0 Å². The van der Waals surface area contributed by atoms with Crippen LogP contribution in [0.1, 0.15) is 102 Å². The first-order valence-corrected chi connectivity index (χ1v) is 11.4. The fourth-order valence-electron chi connectivity index (χ4n) is 4.39. The highest BCUT2D eigenvalue weighted by Crippen LogP contribution is 2.34. The molecule has 1 aliphatic carbocycles. The van der Waals surface area contributed by atoms with Crippen LogP contribution < -0.4 is 4.74 Å². The van der Waals surface area contributed by atoms with Crippen LogP contribution in [-0.4, -0.2) is 6.61 Å². The molecule has 2 nitrogen and oxygen atoms in total. The maximum atomic E-state index is 8.81. The highest BCUT2D eigenvalue weighted by Gasteiger charge is 2.20. The molecule has 1 saturated carbocycles. The van der Waals surface area contributed by atoms with Gasteiger partial charge in [-0.15, -0.1) is 0 Å². The molecular formula is C25H39NO. The molecule has 0 saturated heterocycles. The van der Waals surface area contributed by atoms with Gasteiger partial charge in [-0.3, -0.25) is 0 Å². The van der Waals surface area contributed by atoms with Crippen LogP contribution in [0.2, 0.25) is 0 Å². The Morgan fingerprint density at radius 1 is 0.815 bits per heavy atom. The first-order valence-electron chi connectivity index (χ1n) is 11.4. The number of hydrogen-bond donors (Lipinski definition) is 0. The van der Waals surface area contributed by atoms with Gasteiger partial charge in [0, 0.05) is 0 Å². The third-order valence-corrected chi connectivity index (χ3v) is 6.19. The zero-order chi connectivity index (χ0) is 19.2. The minimum atomic E-state index is 0.690. The van der Waals surface area contributed by atoms with Crippen molar-refractivity contribution in [2.45, 2.75) is 96.8 Å². The molecule has 27 heavy (non-hydrogen) atoms. The lowest BCUT2D eigenvalue weighted by molar-refractivity contribution is 0.228. The van der Waals surface area contributed by atoms with Gasteiger partial charge in [-0.05, 0) is 48.9 Å². The lowest BCUT2D eigenvalue weighted by atomic mass is 9.78. The molecule has 2 rings (SSSR count). The van der Waals surface area contributed by atoms with Crippen LogP contribution in [0, 0.1) is 23.2 Å². The molecule has 0 aromatic heterocycles. The van der Waals surface area contributed by atoms with Crippen LogP contribution in [0.4, 0.5) is 0 Å². The van der Waals surface area contributed by atoms with E-state index in [0.29, 0.717) is 5.56 Å². The molecule has 0 N–H and O–H groups in total. The number of unbranched alkanes of at least 4 members (excludes halogenated alkanes) is 6. The predicted octanol–water partition coefficient (Wildman–Crippen LogP) is 7.66. The van der Waals surface area contributed by atoms with E-state index >= 15 is 0 Å². The topological polar surface area (TPSA) is 33.0 Å². The van der Waals surface area contributed by atoms with Crippen molar-refractivity contribution >= 4 is 0 Å². The van der Waals surface area contributed by atoms with Crippen LogP contribution in [0.25, 0.3) is 0 Å². The lowest BCUT2D eigenvalue weighted by Crippen LogP contribution is -2.15. The minimum absolute atomic E-state index is 0.690. The van der Waals surface area contributed by atoms with Gasteiger partial charge in [0.05, 0.1) is 18.2 Å². The standard InChI is InChI=1S/C25H39NO/c1-2-3-4-5-6-7-8-10-22-12-14-23(15-13-22)11-9-20-27-25-18-16-24(21-26)17-19-25/h16-19,22-23H,2-15,20H2,1H3/t22-,23-. The van der Waals surface area contributed by atoms with Crippen molar-refractivity contribution in [2.75, 3.05) is 6.61 Å². The molecule has 0 spiro atoms. The quantitative estimate of drug-likeness (QED) is 0.334. The summed E-state index contributed by atoms with van der Waals surface area (Å²) in [7, 11) is 0. The summed E-state index contributed by atoms with van der Waals surface area (Å²) >= 11 is 0. The molecule has 1 aromatic rings. The molecular weight excluding hydrogens is 330 g/mol. The summed E-state index contributed by atoms with van der Waals surface area (Å²) in [5.74, 6) is 2.80. The van der Waals surface area contributed by atoms with E-state index in [-0.39, 0.29) is 0 Å². The van der Waals surface area contributed by atoms with E-state index in [2.05, 4.69) is 13.0 Å². The highest BCUT2D eigenvalue weighted by atomic mass is 16.5. The van der Waals surface area contributed by atoms with Crippen molar-refractivity contribution in [3.8, 4) is 11.8 Å². The molecule has 2 heteroatoms. The molecule has 150 valence electrons. The average molecular weight is 370 g/mol. The van der Waals surface area contributed by atoms with Gasteiger partial charge in [0.1, 0.15) is 5.75 Å². The average Bonchev–Trinajstić information content (AvgIpc) is 2.72. The molecule has 0 aliphatic heterocycles. The third kappa shape index (κ3) is 9.32. The van der Waals surface area contributed by atoms with Crippen molar-refractivity contribution in [2.24, 2.45) is 11.8 Å². The minimum Gasteiger partial charge on any atom is -0.494 e. The first-order chi connectivity index (χ1) is 13.3. The number of rotatable bonds is 13. The van der Waals surface area contributed by atoms with Gasteiger partial charge in [-0.25, -0.2) is 0 Å². The molecule has 1 fully saturated rings. The molecule has 0 atom stereocenters. The van der Waals surface area contributed by atoms with Gasteiger partial charge in [0.25, 0.3) is 0 Å². The molecule has 0 heterocycles. The van der Waals surface area contributed by atoms with E-state index in [1.165, 1.54) is 83.5 Å². The van der Waals surface area contributed by atoms with E-state index in [1.807, 2.05) is 24.3 Å². The van der Waals surface area contributed by atoms with E-state index in [1.54, 1.807) is 0 Å². The maximum absolute atomic E-state index is 8.81. The second kappa shape index (κ2) is 13.6. The van der Waals surface area contributed by atoms with Crippen molar-refractivity contribution in [1.82, 2.24) is 0 Å². The van der Waals surface area contributed by atoms with Crippen LogP contribution >= 0.6 is 0 Å². The van der Waals surface area contributed by atoms with Crippen molar-refractivity contribution in [3.05, 3.63) is 29.8 Å². The van der Waals surface area contributed by atoms with E-state index in [0.717, 1.165) is 30.6 Å². The SMILES string of the molecule is CCCCCCCCC[C@H]1CC[C@H](CCCOc2ccc(C#N)cc2)CC1. The Hall–Kier alpha value is -1.49. The van der Waals surface area contributed by atoms with Gasteiger partial charge in [-0.2, -0.15) is 5.26 Å². The van der Waals surface area contributed by atoms with Crippen molar-refractivity contribution in [3.63, 3.8) is 0 Å². The Kier molecular flexibility index (Phi) is 11.0. The summed E-state index contributed by atoms with van der Waals surface area (Å²) in [5, 5.41) is 8.81. The van der Waals surface area contributed by atoms with Crippen LogP contribution in [0.3, 0.4) is 0 Å². The van der Waals surface area contributed by atoms with Gasteiger partial charge in [0.2, 0.25) is 0 Å². The molecule has 1 aliphatic rings. The van der Waals surface area contributed by atoms with Gasteiger partial charge >= 0.3 is 0 Å². The monoisotopic (exact) mass is 369 g/mol. The molecule has 0 unspecified atom stereocenters. The largest absolute Gasteiger partial charge is 0.494 e. The molecule has 0 radical (unpaired) electrons. The number of nitrogens with zero attached hydrogens (tertiary/aromatic N) is 1. The van der Waals surface area contributed by atoms with E-state index in [4.69, 9.17) is 10.00 Å². The van der Waals surface area contributed by atoms with Crippen LogP contribution in [0.15, 0.2) is 24.3 Å². The molecule has 1 aromatic carbocycles. The van der Waals surface area contributed by atoms with Crippen LogP contribution in [0.5, 0.6) is 5.75 Å². The number of ether oxygens (including phenoxy) is 1. The third-order valence-electron chi connectivity index (χ3n) is 6.19. The second-order valence-electron chi connectivity index (χ2n) is 8.42. The second-order valence-corrected chi connectivity index (χ2v) is 8.42. The Labute approximate surface area is 167 Å². The van der Waals surface area contributed by atoms with Crippen LogP contribution in [-0.2, 0) is 0 Å². The Morgan fingerprint density at radius 3 is 1.96 bits per heavy atom. The fraction of sp³-hybridized carbons (Fsp3) is 0.720. The fourth-order valence-corrected chi connectivity index (χ4v) is 4.39. The smallest absolute Gasteiger partial charge is 0.119 e. The number of hydrogen-bond acceptors (Lipinski definition) is 2. The maximum Gasteiger partial charge on any atom is 0.119 e. The highest BCUT2D eigenvalue weighted by molar-refractivity contribution is 5.34. The van der Waals surface area contributed by atoms with Gasteiger partial charge in [-0.1, -0.05) is 84.0 Å². The number of nitriles is 1. The van der Waals surface area contributed by atoms with Gasteiger partial charge < -0.3 is 4.74 Å². The summed E-state index contributed by atoms with van der Waals surface area (Å²) in [6.07, 6.45) is 19.7. The predicted molar refractivity (Wildman–Crippen MR) is 114 cm³/mol. The Balaban J connectivity index is 1.45. The lowest BCUT2D eigenvalue weighted by Gasteiger charge is -2.28. The zero-order valence-corrected chi connectivity index (χ0v) is 17.4.